The first-order valence-corrected chi connectivity index (χ1v) is 8.14. The third-order valence-corrected chi connectivity index (χ3v) is 2.98. The first-order valence-electron chi connectivity index (χ1n) is 8.14. The SMILES string of the molecule is CC.CCCCCCC#Cc1cccc(CCCN)c1. The van der Waals surface area contributed by atoms with Crippen LogP contribution in [0.5, 0.6) is 0 Å². The Morgan fingerprint density at radius 2 is 1.85 bits per heavy atom. The maximum atomic E-state index is 5.52. The highest BCUT2D eigenvalue weighted by molar-refractivity contribution is 5.37. The highest BCUT2D eigenvalue weighted by Crippen LogP contribution is 2.07. The molecule has 0 aliphatic heterocycles. The number of hydrogen-bond acceptors (Lipinski definition) is 1. The normalized spacial score (nSPS) is 9.20. The van der Waals surface area contributed by atoms with Gasteiger partial charge >= 0.3 is 0 Å². The van der Waals surface area contributed by atoms with E-state index in [9.17, 15) is 0 Å². The fourth-order valence-corrected chi connectivity index (χ4v) is 1.92. The van der Waals surface area contributed by atoms with Crippen molar-refractivity contribution >= 4 is 0 Å². The molecule has 2 N–H and O–H groups in total. The molecule has 0 bridgehead atoms. The van der Waals surface area contributed by atoms with Crippen molar-refractivity contribution in [1.82, 2.24) is 0 Å². The highest BCUT2D eigenvalue weighted by Gasteiger charge is 1.93. The van der Waals surface area contributed by atoms with Crippen LogP contribution < -0.4 is 5.73 Å². The molecule has 0 aliphatic rings. The number of nitrogens with two attached hydrogens (primary N) is 1. The molecule has 0 heterocycles. The zero-order valence-corrected chi connectivity index (χ0v) is 13.5. The molecule has 0 saturated carbocycles. The van der Waals surface area contributed by atoms with Crippen molar-refractivity contribution in [1.29, 1.82) is 0 Å². The molecule has 0 fully saturated rings. The van der Waals surface area contributed by atoms with E-state index in [1.165, 1.54) is 31.2 Å². The molecular formula is C19H31N. The summed E-state index contributed by atoms with van der Waals surface area (Å²) in [5.74, 6) is 6.53. The lowest BCUT2D eigenvalue weighted by molar-refractivity contribution is 0.679. The van der Waals surface area contributed by atoms with E-state index in [2.05, 4.69) is 43.0 Å². The zero-order valence-electron chi connectivity index (χ0n) is 13.5. The van der Waals surface area contributed by atoms with E-state index < -0.39 is 0 Å². The summed E-state index contributed by atoms with van der Waals surface area (Å²) in [4.78, 5) is 0. The third kappa shape index (κ3) is 9.64. The summed E-state index contributed by atoms with van der Waals surface area (Å²) in [6, 6.07) is 8.52. The fraction of sp³-hybridized carbons (Fsp3) is 0.579. The van der Waals surface area contributed by atoms with E-state index >= 15 is 0 Å². The number of hydrogen-bond donors (Lipinski definition) is 1. The van der Waals surface area contributed by atoms with E-state index in [1.54, 1.807) is 0 Å². The molecule has 20 heavy (non-hydrogen) atoms. The quantitative estimate of drug-likeness (QED) is 0.553. The van der Waals surface area contributed by atoms with E-state index in [0.29, 0.717) is 0 Å². The van der Waals surface area contributed by atoms with Crippen LogP contribution in [0.25, 0.3) is 0 Å². The average molecular weight is 273 g/mol. The van der Waals surface area contributed by atoms with Crippen molar-refractivity contribution < 1.29 is 0 Å². The van der Waals surface area contributed by atoms with Gasteiger partial charge in [0.2, 0.25) is 0 Å². The van der Waals surface area contributed by atoms with Crippen LogP contribution in [-0.4, -0.2) is 6.54 Å². The first-order chi connectivity index (χ1) is 9.86. The van der Waals surface area contributed by atoms with Crippen LogP contribution in [0.15, 0.2) is 24.3 Å². The Bertz CT molecular complexity index is 384. The van der Waals surface area contributed by atoms with Gasteiger partial charge in [-0.15, -0.1) is 0 Å². The Morgan fingerprint density at radius 1 is 1.05 bits per heavy atom. The Kier molecular flexibility index (Phi) is 13.3. The van der Waals surface area contributed by atoms with Gasteiger partial charge in [-0.1, -0.05) is 64.0 Å². The molecule has 0 atom stereocenters. The van der Waals surface area contributed by atoms with Gasteiger partial charge in [0.1, 0.15) is 0 Å². The topological polar surface area (TPSA) is 26.0 Å². The molecule has 0 aliphatic carbocycles. The van der Waals surface area contributed by atoms with Gasteiger partial charge in [-0.05, 0) is 43.5 Å². The molecule has 1 aromatic rings. The monoisotopic (exact) mass is 273 g/mol. The third-order valence-electron chi connectivity index (χ3n) is 2.98. The maximum absolute atomic E-state index is 5.52. The summed E-state index contributed by atoms with van der Waals surface area (Å²) >= 11 is 0. The van der Waals surface area contributed by atoms with Gasteiger partial charge in [0.05, 0.1) is 0 Å². The predicted molar refractivity (Wildman–Crippen MR) is 90.8 cm³/mol. The Morgan fingerprint density at radius 3 is 2.55 bits per heavy atom. The minimum atomic E-state index is 0.757. The second-order valence-electron chi connectivity index (χ2n) is 4.71. The lowest BCUT2D eigenvalue weighted by atomic mass is 10.1. The smallest absolute Gasteiger partial charge is 0.0247 e. The van der Waals surface area contributed by atoms with Crippen LogP contribution in [0.1, 0.15) is 70.4 Å². The minimum absolute atomic E-state index is 0.757. The molecule has 0 spiro atoms. The Hall–Kier alpha value is -1.26. The summed E-state index contributed by atoms with van der Waals surface area (Å²) in [5, 5.41) is 0. The minimum Gasteiger partial charge on any atom is -0.330 e. The number of unbranched alkanes of at least 4 members (excludes halogenated alkanes) is 4. The second kappa shape index (κ2) is 14.2. The van der Waals surface area contributed by atoms with Gasteiger partial charge in [-0.3, -0.25) is 0 Å². The Labute approximate surface area is 126 Å². The molecule has 0 radical (unpaired) electrons. The van der Waals surface area contributed by atoms with Gasteiger partial charge in [-0.2, -0.15) is 0 Å². The number of rotatable bonds is 7. The molecule has 1 nitrogen and oxygen atoms in total. The van der Waals surface area contributed by atoms with Crippen LogP contribution in [0.4, 0.5) is 0 Å². The highest BCUT2D eigenvalue weighted by atomic mass is 14.5. The van der Waals surface area contributed by atoms with Crippen LogP contribution in [0.3, 0.4) is 0 Å². The van der Waals surface area contributed by atoms with Crippen molar-refractivity contribution in [2.75, 3.05) is 6.54 Å². The lowest BCUT2D eigenvalue weighted by Gasteiger charge is -2.00. The summed E-state index contributed by atoms with van der Waals surface area (Å²) in [6.07, 6.45) is 8.28. The van der Waals surface area contributed by atoms with Gasteiger partial charge < -0.3 is 5.73 Å². The van der Waals surface area contributed by atoms with E-state index in [1.807, 2.05) is 13.8 Å². The maximum Gasteiger partial charge on any atom is 0.0247 e. The van der Waals surface area contributed by atoms with Crippen molar-refractivity contribution in [3.8, 4) is 11.8 Å². The molecule has 0 amide bonds. The summed E-state index contributed by atoms with van der Waals surface area (Å²) in [7, 11) is 0. The molecule has 112 valence electrons. The first kappa shape index (κ1) is 18.7. The molecule has 1 aromatic carbocycles. The second-order valence-corrected chi connectivity index (χ2v) is 4.71. The van der Waals surface area contributed by atoms with Crippen LogP contribution in [0, 0.1) is 11.8 Å². The largest absolute Gasteiger partial charge is 0.330 e. The summed E-state index contributed by atoms with van der Waals surface area (Å²) < 4.78 is 0. The van der Waals surface area contributed by atoms with Crippen molar-refractivity contribution in [3.05, 3.63) is 35.4 Å². The van der Waals surface area contributed by atoms with E-state index in [-0.39, 0.29) is 0 Å². The zero-order chi connectivity index (χ0) is 15.1. The van der Waals surface area contributed by atoms with Gasteiger partial charge in [0, 0.05) is 12.0 Å². The van der Waals surface area contributed by atoms with Crippen LogP contribution >= 0.6 is 0 Å². The Balaban J connectivity index is 0.00000172. The molecule has 0 saturated heterocycles. The predicted octanol–water partition coefficient (Wildman–Crippen LogP) is 4.93. The lowest BCUT2D eigenvalue weighted by Crippen LogP contribution is -2.00. The molecule has 0 unspecified atom stereocenters. The molecule has 1 rings (SSSR count). The van der Waals surface area contributed by atoms with Gasteiger partial charge in [-0.25, -0.2) is 0 Å². The van der Waals surface area contributed by atoms with E-state index in [0.717, 1.165) is 31.4 Å². The van der Waals surface area contributed by atoms with Crippen molar-refractivity contribution in [2.45, 2.75) is 65.7 Å². The van der Waals surface area contributed by atoms with Crippen molar-refractivity contribution in [2.24, 2.45) is 5.73 Å². The molecule has 1 heteroatoms. The summed E-state index contributed by atoms with van der Waals surface area (Å²) in [5.41, 5.74) is 8.01. The standard InChI is InChI=1S/C17H25N.C2H6/c1-2-3-4-5-6-7-10-16-11-8-12-17(15-16)13-9-14-18;1-2/h8,11-12,15H,2-6,9,13-14,18H2,1H3;1-2H3. The van der Waals surface area contributed by atoms with Crippen LogP contribution in [-0.2, 0) is 6.42 Å². The van der Waals surface area contributed by atoms with E-state index in [4.69, 9.17) is 5.73 Å². The number of aryl methyl sites for hydroxylation is 1. The molecular weight excluding hydrogens is 242 g/mol. The van der Waals surface area contributed by atoms with Crippen LogP contribution in [0.2, 0.25) is 0 Å². The van der Waals surface area contributed by atoms with Gasteiger partial charge in [0.25, 0.3) is 0 Å². The molecule has 0 aromatic heterocycles. The average Bonchev–Trinajstić information content (AvgIpc) is 2.51. The van der Waals surface area contributed by atoms with Gasteiger partial charge in [0.15, 0.2) is 0 Å². The fourth-order valence-electron chi connectivity index (χ4n) is 1.92. The van der Waals surface area contributed by atoms with Crippen molar-refractivity contribution in [3.63, 3.8) is 0 Å². The summed E-state index contributed by atoms with van der Waals surface area (Å²) in [6.45, 7) is 6.99. The number of benzene rings is 1.